The van der Waals surface area contributed by atoms with Crippen molar-refractivity contribution < 1.29 is 22.7 Å². The Morgan fingerprint density at radius 2 is 1.86 bits per heavy atom. The zero-order valence-corrected chi connectivity index (χ0v) is 25.7. The number of anilines is 5. The molecule has 2 aromatic heterocycles. The number of esters is 1. The van der Waals surface area contributed by atoms with E-state index >= 15 is 0 Å². The third-order valence-corrected chi connectivity index (χ3v) is 8.75. The van der Waals surface area contributed by atoms with Crippen LogP contribution in [0.2, 0.25) is 0 Å². The Labute approximate surface area is 249 Å². The van der Waals surface area contributed by atoms with Crippen molar-refractivity contribution in [3.05, 3.63) is 46.0 Å². The molecule has 0 fully saturated rings. The number of carbonyl (C=O) groups excluding carboxylic acids is 2. The van der Waals surface area contributed by atoms with Crippen molar-refractivity contribution in [2.45, 2.75) is 47.1 Å². The third-order valence-electron chi connectivity index (χ3n) is 6.39. The van der Waals surface area contributed by atoms with Crippen LogP contribution in [0.25, 0.3) is 0 Å². The summed E-state index contributed by atoms with van der Waals surface area (Å²) in [6.07, 6.45) is 1.67. The number of nitrogens with one attached hydrogen (secondary N) is 4. The number of aromatic nitrogens is 3. The minimum absolute atomic E-state index is 0.00126. The lowest BCUT2D eigenvalue weighted by molar-refractivity contribution is -0.118. The lowest BCUT2D eigenvalue weighted by Gasteiger charge is -2.31. The van der Waals surface area contributed by atoms with Gasteiger partial charge in [-0.15, -0.1) is 0 Å². The van der Waals surface area contributed by atoms with Gasteiger partial charge in [0.25, 0.3) is 0 Å². The number of thiazole rings is 1. The smallest absolute Gasteiger partial charge is 0.350 e. The predicted octanol–water partition coefficient (Wildman–Crippen LogP) is 3.42. The van der Waals surface area contributed by atoms with Crippen LogP contribution < -0.4 is 25.6 Å². The van der Waals surface area contributed by atoms with Crippen molar-refractivity contribution in [3.63, 3.8) is 0 Å². The second-order valence-corrected chi connectivity index (χ2v) is 12.6. The number of rotatable bonds is 13. The predicted molar refractivity (Wildman–Crippen MR) is 164 cm³/mol. The fraction of sp³-hybridized carbons (Fsp3) is 0.444. The summed E-state index contributed by atoms with van der Waals surface area (Å²) in [4.78, 5) is 40.3. The molecule has 1 amide bonds. The van der Waals surface area contributed by atoms with Crippen molar-refractivity contribution in [1.82, 2.24) is 20.3 Å². The van der Waals surface area contributed by atoms with Gasteiger partial charge in [0, 0.05) is 44.4 Å². The van der Waals surface area contributed by atoms with Crippen LogP contribution in [0, 0.1) is 6.92 Å². The third kappa shape index (κ3) is 8.06. The number of benzene rings is 1. The van der Waals surface area contributed by atoms with Gasteiger partial charge in [-0.05, 0) is 51.3 Å². The van der Waals surface area contributed by atoms with E-state index in [0.29, 0.717) is 52.8 Å². The fourth-order valence-corrected chi connectivity index (χ4v) is 5.87. The maximum atomic E-state index is 12.3. The first-order valence-corrected chi connectivity index (χ1v) is 16.2. The zero-order valence-electron chi connectivity index (χ0n) is 24.1. The van der Waals surface area contributed by atoms with Gasteiger partial charge >= 0.3 is 5.97 Å². The summed E-state index contributed by atoms with van der Waals surface area (Å²) in [5.41, 5.74) is 3.02. The van der Waals surface area contributed by atoms with E-state index in [4.69, 9.17) is 14.7 Å². The van der Waals surface area contributed by atoms with Crippen molar-refractivity contribution in [1.29, 1.82) is 0 Å². The number of aryl methyl sites for hydroxylation is 1. The van der Waals surface area contributed by atoms with Crippen LogP contribution in [0.3, 0.4) is 0 Å². The highest BCUT2D eigenvalue weighted by atomic mass is 32.2. The Morgan fingerprint density at radius 1 is 1.10 bits per heavy atom. The molecule has 1 aromatic carbocycles. The van der Waals surface area contributed by atoms with Crippen molar-refractivity contribution in [2.75, 3.05) is 52.2 Å². The first-order valence-electron chi connectivity index (χ1n) is 13.7. The highest BCUT2D eigenvalue weighted by Gasteiger charge is 2.25. The van der Waals surface area contributed by atoms with Gasteiger partial charge in [-0.1, -0.05) is 23.5 Å². The largest absolute Gasteiger partial charge is 0.462 e. The standard InChI is InChI=1S/C27H36N8O5S2/c1-5-40-25(37)22-17(3)30-27(41-22)33-26-31-23(29-14-13-28-18(4)36)21-8-7-15-35(24(21)32-26)16-19-9-11-20(12-10-19)34-42(38,39)6-2/h9-12,34H,5-8,13-16H2,1-4H3,(H,28,36)(H2,29,30,31,32,33). The van der Waals surface area contributed by atoms with E-state index in [2.05, 4.69) is 30.6 Å². The minimum atomic E-state index is -3.36. The van der Waals surface area contributed by atoms with Crippen LogP contribution in [0.15, 0.2) is 24.3 Å². The molecule has 0 radical (unpaired) electrons. The Hall–Kier alpha value is -3.98. The Morgan fingerprint density at radius 3 is 2.55 bits per heavy atom. The second kappa shape index (κ2) is 13.8. The molecule has 0 saturated heterocycles. The van der Waals surface area contributed by atoms with Crippen molar-refractivity contribution in [3.8, 4) is 0 Å². The van der Waals surface area contributed by atoms with E-state index in [1.807, 2.05) is 12.1 Å². The molecule has 226 valence electrons. The van der Waals surface area contributed by atoms with E-state index < -0.39 is 16.0 Å². The Balaban J connectivity index is 1.61. The van der Waals surface area contributed by atoms with Gasteiger partial charge < -0.3 is 20.3 Å². The van der Waals surface area contributed by atoms with E-state index in [1.54, 1.807) is 32.9 Å². The Kier molecular flexibility index (Phi) is 10.2. The van der Waals surface area contributed by atoms with Crippen molar-refractivity contribution >= 4 is 61.6 Å². The van der Waals surface area contributed by atoms with Gasteiger partial charge in [-0.2, -0.15) is 9.97 Å². The molecule has 0 atom stereocenters. The van der Waals surface area contributed by atoms with E-state index in [9.17, 15) is 18.0 Å². The van der Waals surface area contributed by atoms with Gasteiger partial charge in [0.05, 0.1) is 18.1 Å². The number of fused-ring (bicyclic) bond motifs is 1. The van der Waals surface area contributed by atoms with Gasteiger partial charge in [0.1, 0.15) is 16.5 Å². The highest BCUT2D eigenvalue weighted by molar-refractivity contribution is 7.92. The summed E-state index contributed by atoms with van der Waals surface area (Å²) in [7, 11) is -3.36. The fourth-order valence-electron chi connectivity index (χ4n) is 4.37. The summed E-state index contributed by atoms with van der Waals surface area (Å²) >= 11 is 1.17. The summed E-state index contributed by atoms with van der Waals surface area (Å²) in [6, 6.07) is 7.29. The molecule has 13 nitrogen and oxygen atoms in total. The maximum absolute atomic E-state index is 12.3. The molecule has 3 aromatic rings. The molecular formula is C27H36N8O5S2. The van der Waals surface area contributed by atoms with Crippen LogP contribution in [0.5, 0.6) is 0 Å². The Bertz CT molecular complexity index is 1530. The molecule has 15 heteroatoms. The van der Waals surface area contributed by atoms with Crippen LogP contribution in [0.1, 0.15) is 53.7 Å². The molecule has 1 aliphatic heterocycles. The average molecular weight is 617 g/mol. The molecular weight excluding hydrogens is 580 g/mol. The van der Waals surface area contributed by atoms with Gasteiger partial charge in [-0.25, -0.2) is 18.2 Å². The van der Waals surface area contributed by atoms with E-state index in [0.717, 1.165) is 36.3 Å². The van der Waals surface area contributed by atoms with Crippen LogP contribution in [-0.4, -0.2) is 67.2 Å². The second-order valence-electron chi connectivity index (χ2n) is 9.61. The van der Waals surface area contributed by atoms with E-state index in [1.165, 1.54) is 18.3 Å². The molecule has 0 aliphatic carbocycles. The quantitative estimate of drug-likeness (QED) is 0.164. The SMILES string of the molecule is CCOC(=O)c1sc(Nc2nc(NCCNC(C)=O)c3c(n2)N(Cc2ccc(NS(=O)(=O)CC)cc2)CCC3)nc1C. The topological polar surface area (TPSA) is 168 Å². The van der Waals surface area contributed by atoms with Gasteiger partial charge in [-0.3, -0.25) is 14.8 Å². The number of carbonyl (C=O) groups is 2. The van der Waals surface area contributed by atoms with Gasteiger partial charge in [0.2, 0.25) is 21.9 Å². The lowest BCUT2D eigenvalue weighted by Crippen LogP contribution is -2.32. The monoisotopic (exact) mass is 616 g/mol. The molecule has 0 saturated carbocycles. The highest BCUT2D eigenvalue weighted by Crippen LogP contribution is 2.34. The number of amides is 1. The molecule has 4 N–H and O–H groups in total. The molecule has 0 bridgehead atoms. The summed E-state index contributed by atoms with van der Waals surface area (Å²) in [5, 5.41) is 9.74. The van der Waals surface area contributed by atoms with Crippen LogP contribution in [-0.2, 0) is 32.5 Å². The van der Waals surface area contributed by atoms with E-state index in [-0.39, 0.29) is 18.3 Å². The minimum Gasteiger partial charge on any atom is -0.462 e. The molecule has 42 heavy (non-hydrogen) atoms. The van der Waals surface area contributed by atoms with Crippen molar-refractivity contribution in [2.24, 2.45) is 0 Å². The lowest BCUT2D eigenvalue weighted by atomic mass is 10.0. The maximum Gasteiger partial charge on any atom is 0.350 e. The molecule has 0 unspecified atom stereocenters. The van der Waals surface area contributed by atoms with Crippen LogP contribution in [0.4, 0.5) is 28.4 Å². The molecule has 1 aliphatic rings. The normalized spacial score (nSPS) is 12.8. The number of ether oxygens (including phenoxy) is 1. The number of hydrogen-bond acceptors (Lipinski definition) is 12. The summed E-state index contributed by atoms with van der Waals surface area (Å²) in [6.45, 7) is 9.06. The van der Waals surface area contributed by atoms with Crippen LogP contribution >= 0.6 is 11.3 Å². The summed E-state index contributed by atoms with van der Waals surface area (Å²) in [5.74, 6) is 1.20. The average Bonchev–Trinajstić information content (AvgIpc) is 3.32. The first-order chi connectivity index (χ1) is 20.1. The van der Waals surface area contributed by atoms with Gasteiger partial charge in [0.15, 0.2) is 5.13 Å². The number of sulfonamides is 1. The molecule has 3 heterocycles. The molecule has 0 spiro atoms. The summed E-state index contributed by atoms with van der Waals surface area (Å²) < 4.78 is 31.5. The zero-order chi connectivity index (χ0) is 30.3. The number of nitrogens with zero attached hydrogens (tertiary/aromatic N) is 4. The number of hydrogen-bond donors (Lipinski definition) is 4. The first kappa shape index (κ1) is 31.0. The molecule has 4 rings (SSSR count).